The van der Waals surface area contributed by atoms with Gasteiger partial charge in [-0.1, -0.05) is 0 Å². The van der Waals surface area contributed by atoms with E-state index in [9.17, 15) is 9.59 Å². The lowest BCUT2D eigenvalue weighted by atomic mass is 10.2. The monoisotopic (exact) mass is 294 g/mol. The molecule has 0 fully saturated rings. The SMILES string of the molecule is CN(C)CCCN(CCC(=O)O)c1ccc(C(=O)O)cc1. The smallest absolute Gasteiger partial charge is 0.335 e. The summed E-state index contributed by atoms with van der Waals surface area (Å²) in [6.45, 7) is 2.06. The lowest BCUT2D eigenvalue weighted by Crippen LogP contribution is -2.29. The molecule has 6 heteroatoms. The fourth-order valence-electron chi connectivity index (χ4n) is 1.99. The van der Waals surface area contributed by atoms with Crippen LogP contribution in [0.15, 0.2) is 24.3 Å². The van der Waals surface area contributed by atoms with E-state index in [-0.39, 0.29) is 12.0 Å². The first-order valence-corrected chi connectivity index (χ1v) is 6.85. The Bertz CT molecular complexity index is 471. The van der Waals surface area contributed by atoms with E-state index < -0.39 is 11.9 Å². The summed E-state index contributed by atoms with van der Waals surface area (Å²) in [6.07, 6.45) is 0.968. The quantitative estimate of drug-likeness (QED) is 0.720. The molecule has 0 spiro atoms. The Kier molecular flexibility index (Phi) is 6.68. The highest BCUT2D eigenvalue weighted by atomic mass is 16.4. The van der Waals surface area contributed by atoms with Crippen molar-refractivity contribution >= 4 is 17.6 Å². The van der Waals surface area contributed by atoms with Crippen LogP contribution >= 0.6 is 0 Å². The first-order valence-electron chi connectivity index (χ1n) is 6.85. The second-order valence-corrected chi connectivity index (χ2v) is 5.14. The topological polar surface area (TPSA) is 81.1 Å². The third kappa shape index (κ3) is 6.27. The zero-order valence-electron chi connectivity index (χ0n) is 12.5. The van der Waals surface area contributed by atoms with E-state index in [1.54, 1.807) is 12.1 Å². The molecule has 0 aliphatic carbocycles. The van der Waals surface area contributed by atoms with E-state index in [0.29, 0.717) is 6.54 Å². The predicted octanol–water partition coefficient (Wildman–Crippen LogP) is 1.62. The Morgan fingerprint density at radius 1 is 1.00 bits per heavy atom. The summed E-state index contributed by atoms with van der Waals surface area (Å²) >= 11 is 0. The molecule has 0 saturated carbocycles. The maximum Gasteiger partial charge on any atom is 0.335 e. The van der Waals surface area contributed by atoms with Crippen LogP contribution in [0.5, 0.6) is 0 Å². The molecule has 1 aromatic rings. The van der Waals surface area contributed by atoms with Gasteiger partial charge >= 0.3 is 11.9 Å². The summed E-state index contributed by atoms with van der Waals surface area (Å²) in [4.78, 5) is 25.6. The number of rotatable bonds is 9. The molecule has 21 heavy (non-hydrogen) atoms. The van der Waals surface area contributed by atoms with E-state index in [2.05, 4.69) is 4.90 Å². The maximum atomic E-state index is 10.8. The summed E-state index contributed by atoms with van der Waals surface area (Å²) in [5.74, 6) is -1.80. The average molecular weight is 294 g/mol. The van der Waals surface area contributed by atoms with Gasteiger partial charge < -0.3 is 20.0 Å². The van der Waals surface area contributed by atoms with Gasteiger partial charge in [-0.25, -0.2) is 4.79 Å². The Labute approximate surface area is 124 Å². The Hall–Kier alpha value is -2.08. The van der Waals surface area contributed by atoms with Crippen molar-refractivity contribution in [2.24, 2.45) is 0 Å². The number of carboxylic acid groups (broad SMARTS) is 2. The number of carbonyl (C=O) groups is 2. The lowest BCUT2D eigenvalue weighted by molar-refractivity contribution is -0.136. The Morgan fingerprint density at radius 2 is 1.62 bits per heavy atom. The zero-order valence-corrected chi connectivity index (χ0v) is 12.5. The van der Waals surface area contributed by atoms with Crippen molar-refractivity contribution in [1.82, 2.24) is 4.90 Å². The second-order valence-electron chi connectivity index (χ2n) is 5.14. The molecular weight excluding hydrogens is 272 g/mol. The fourth-order valence-corrected chi connectivity index (χ4v) is 1.99. The van der Waals surface area contributed by atoms with Gasteiger partial charge in [-0.3, -0.25) is 4.79 Å². The minimum atomic E-state index is -0.966. The van der Waals surface area contributed by atoms with Crippen LogP contribution in [-0.2, 0) is 4.79 Å². The molecule has 0 bridgehead atoms. The molecule has 0 atom stereocenters. The van der Waals surface area contributed by atoms with E-state index >= 15 is 0 Å². The van der Waals surface area contributed by atoms with Crippen LogP contribution in [0.25, 0.3) is 0 Å². The normalized spacial score (nSPS) is 10.6. The van der Waals surface area contributed by atoms with Crippen molar-refractivity contribution in [3.05, 3.63) is 29.8 Å². The first kappa shape index (κ1) is 17.0. The number of carboxylic acids is 2. The van der Waals surface area contributed by atoms with Crippen molar-refractivity contribution in [1.29, 1.82) is 0 Å². The van der Waals surface area contributed by atoms with E-state index in [1.807, 2.05) is 19.0 Å². The van der Waals surface area contributed by atoms with Gasteiger partial charge in [-0.05, 0) is 51.3 Å². The number of anilines is 1. The molecule has 2 N–H and O–H groups in total. The summed E-state index contributed by atoms with van der Waals surface area (Å²) in [5, 5.41) is 17.7. The summed E-state index contributed by atoms with van der Waals surface area (Å²) in [6, 6.07) is 6.52. The lowest BCUT2D eigenvalue weighted by Gasteiger charge is -2.25. The number of hydrogen-bond donors (Lipinski definition) is 2. The van der Waals surface area contributed by atoms with Crippen molar-refractivity contribution < 1.29 is 19.8 Å². The molecule has 0 aliphatic rings. The first-order chi connectivity index (χ1) is 9.90. The molecule has 0 saturated heterocycles. The van der Waals surface area contributed by atoms with Crippen LogP contribution in [0.4, 0.5) is 5.69 Å². The molecule has 0 aliphatic heterocycles. The van der Waals surface area contributed by atoms with Gasteiger partial charge in [-0.15, -0.1) is 0 Å². The van der Waals surface area contributed by atoms with Gasteiger partial charge in [0, 0.05) is 18.8 Å². The Balaban J connectivity index is 2.73. The summed E-state index contributed by atoms with van der Waals surface area (Å²) in [7, 11) is 3.98. The van der Waals surface area contributed by atoms with Crippen LogP contribution in [0, 0.1) is 0 Å². The molecule has 0 heterocycles. The van der Waals surface area contributed by atoms with Gasteiger partial charge in [0.1, 0.15) is 0 Å². The van der Waals surface area contributed by atoms with E-state index in [4.69, 9.17) is 10.2 Å². The molecule has 1 aromatic carbocycles. The molecule has 116 valence electrons. The molecule has 0 aromatic heterocycles. The largest absolute Gasteiger partial charge is 0.481 e. The minimum absolute atomic E-state index is 0.0582. The molecule has 0 radical (unpaired) electrons. The van der Waals surface area contributed by atoms with Crippen LogP contribution in [0.2, 0.25) is 0 Å². The molecular formula is C15H22N2O4. The number of nitrogens with zero attached hydrogens (tertiary/aromatic N) is 2. The van der Waals surface area contributed by atoms with Crippen LogP contribution in [0.3, 0.4) is 0 Å². The third-order valence-electron chi connectivity index (χ3n) is 3.11. The number of benzene rings is 1. The zero-order chi connectivity index (χ0) is 15.8. The minimum Gasteiger partial charge on any atom is -0.481 e. The van der Waals surface area contributed by atoms with Gasteiger partial charge in [0.15, 0.2) is 0 Å². The van der Waals surface area contributed by atoms with Crippen LogP contribution < -0.4 is 4.90 Å². The predicted molar refractivity (Wildman–Crippen MR) is 81.0 cm³/mol. The van der Waals surface area contributed by atoms with Crippen molar-refractivity contribution in [2.75, 3.05) is 38.6 Å². The van der Waals surface area contributed by atoms with Crippen LogP contribution in [0.1, 0.15) is 23.2 Å². The fraction of sp³-hybridized carbons (Fsp3) is 0.467. The summed E-state index contributed by atoms with van der Waals surface area (Å²) < 4.78 is 0. The molecule has 0 unspecified atom stereocenters. The second kappa shape index (κ2) is 8.26. The number of aromatic carboxylic acids is 1. The number of hydrogen-bond acceptors (Lipinski definition) is 4. The third-order valence-corrected chi connectivity index (χ3v) is 3.11. The standard InChI is InChI=1S/C15H22N2O4/c1-16(2)9-3-10-17(11-8-14(18)19)13-6-4-12(5-7-13)15(20)21/h4-7H,3,8-11H2,1-2H3,(H,18,19)(H,20,21). The van der Waals surface area contributed by atoms with Crippen molar-refractivity contribution in [3.63, 3.8) is 0 Å². The van der Waals surface area contributed by atoms with Gasteiger partial charge in [0.2, 0.25) is 0 Å². The average Bonchev–Trinajstić information content (AvgIpc) is 2.42. The van der Waals surface area contributed by atoms with Gasteiger partial charge in [0.05, 0.1) is 12.0 Å². The summed E-state index contributed by atoms with van der Waals surface area (Å²) in [5.41, 5.74) is 1.07. The molecule has 6 nitrogen and oxygen atoms in total. The highest BCUT2D eigenvalue weighted by molar-refractivity contribution is 5.88. The van der Waals surface area contributed by atoms with Gasteiger partial charge in [0.25, 0.3) is 0 Å². The van der Waals surface area contributed by atoms with Crippen molar-refractivity contribution in [2.45, 2.75) is 12.8 Å². The molecule has 0 amide bonds. The van der Waals surface area contributed by atoms with Crippen LogP contribution in [-0.4, -0.2) is 60.8 Å². The van der Waals surface area contributed by atoms with Gasteiger partial charge in [-0.2, -0.15) is 0 Å². The molecule has 1 rings (SSSR count). The number of aliphatic carboxylic acids is 1. The van der Waals surface area contributed by atoms with E-state index in [0.717, 1.165) is 25.2 Å². The maximum absolute atomic E-state index is 10.8. The highest BCUT2D eigenvalue weighted by Crippen LogP contribution is 2.16. The van der Waals surface area contributed by atoms with E-state index in [1.165, 1.54) is 12.1 Å². The van der Waals surface area contributed by atoms with Crippen molar-refractivity contribution in [3.8, 4) is 0 Å². The highest BCUT2D eigenvalue weighted by Gasteiger charge is 2.10. The Morgan fingerprint density at radius 3 is 2.10 bits per heavy atom.